The van der Waals surface area contributed by atoms with Crippen LogP contribution in [0.4, 0.5) is 5.69 Å². The van der Waals surface area contributed by atoms with E-state index in [0.29, 0.717) is 0 Å². The van der Waals surface area contributed by atoms with Gasteiger partial charge in [-0.05, 0) is 61.0 Å². The summed E-state index contributed by atoms with van der Waals surface area (Å²) < 4.78 is 0.841. The van der Waals surface area contributed by atoms with Gasteiger partial charge >= 0.3 is 0 Å². The highest BCUT2D eigenvalue weighted by Gasteiger charge is 2.07. The van der Waals surface area contributed by atoms with Crippen LogP contribution in [0.1, 0.15) is 29.7 Å². The van der Waals surface area contributed by atoms with Crippen molar-refractivity contribution in [1.82, 2.24) is 0 Å². The molecule has 1 nitrogen and oxygen atoms in total. The van der Waals surface area contributed by atoms with Gasteiger partial charge in [0.2, 0.25) is 0 Å². The summed E-state index contributed by atoms with van der Waals surface area (Å²) in [5.74, 6) is 0. The Bertz CT molecular complexity index is 519. The van der Waals surface area contributed by atoms with Crippen LogP contribution in [0.3, 0.4) is 0 Å². The van der Waals surface area contributed by atoms with E-state index >= 15 is 0 Å². The standard InChI is InChI=1S/C14H16ClNS/c1-9-4-5-13(6-10(9)2)16-11(3)12-7-14(15)17-8-12/h4-8,11,16H,1-3H3. The Balaban J connectivity index is 2.12. The van der Waals surface area contributed by atoms with Crippen molar-refractivity contribution in [2.75, 3.05) is 5.32 Å². The summed E-state index contributed by atoms with van der Waals surface area (Å²) in [6.07, 6.45) is 0. The number of halogens is 1. The topological polar surface area (TPSA) is 12.0 Å². The summed E-state index contributed by atoms with van der Waals surface area (Å²) in [7, 11) is 0. The molecule has 1 N–H and O–H groups in total. The minimum absolute atomic E-state index is 0.279. The third-order valence-corrected chi connectivity index (χ3v) is 4.09. The van der Waals surface area contributed by atoms with Crippen molar-refractivity contribution < 1.29 is 0 Å². The van der Waals surface area contributed by atoms with Gasteiger partial charge in [-0.25, -0.2) is 0 Å². The van der Waals surface area contributed by atoms with Crippen LogP contribution in [0.2, 0.25) is 4.34 Å². The predicted octanol–water partition coefficient (Wildman–Crippen LogP) is 5.19. The van der Waals surface area contributed by atoms with Crippen LogP contribution >= 0.6 is 22.9 Å². The fourth-order valence-corrected chi connectivity index (χ4v) is 2.70. The van der Waals surface area contributed by atoms with E-state index in [1.807, 2.05) is 6.07 Å². The average Bonchev–Trinajstić information content (AvgIpc) is 2.70. The molecule has 0 spiro atoms. The SMILES string of the molecule is Cc1ccc(NC(C)c2csc(Cl)c2)cc1C. The Morgan fingerprint density at radius 3 is 2.53 bits per heavy atom. The van der Waals surface area contributed by atoms with Crippen LogP contribution in [0.15, 0.2) is 29.6 Å². The lowest BCUT2D eigenvalue weighted by Gasteiger charge is -2.15. The summed E-state index contributed by atoms with van der Waals surface area (Å²) in [4.78, 5) is 0. The van der Waals surface area contributed by atoms with E-state index in [1.54, 1.807) is 11.3 Å². The third kappa shape index (κ3) is 3.02. The first-order valence-electron chi connectivity index (χ1n) is 5.64. The molecule has 0 fully saturated rings. The van der Waals surface area contributed by atoms with Gasteiger partial charge in [-0.15, -0.1) is 11.3 Å². The lowest BCUT2D eigenvalue weighted by molar-refractivity contribution is 0.890. The van der Waals surface area contributed by atoms with Gasteiger partial charge in [0.1, 0.15) is 0 Å². The summed E-state index contributed by atoms with van der Waals surface area (Å²) in [6.45, 7) is 6.40. The van der Waals surface area contributed by atoms with E-state index in [4.69, 9.17) is 11.6 Å². The van der Waals surface area contributed by atoms with Gasteiger partial charge < -0.3 is 5.32 Å². The minimum Gasteiger partial charge on any atom is -0.378 e. The van der Waals surface area contributed by atoms with Crippen molar-refractivity contribution in [3.8, 4) is 0 Å². The predicted molar refractivity (Wildman–Crippen MR) is 77.3 cm³/mol. The van der Waals surface area contributed by atoms with E-state index in [0.717, 1.165) is 10.0 Å². The quantitative estimate of drug-likeness (QED) is 0.805. The first-order valence-corrected chi connectivity index (χ1v) is 6.90. The van der Waals surface area contributed by atoms with E-state index in [1.165, 1.54) is 16.7 Å². The second-order valence-corrected chi connectivity index (χ2v) is 5.89. The Hall–Kier alpha value is -0.990. The van der Waals surface area contributed by atoms with Gasteiger partial charge in [0, 0.05) is 11.7 Å². The molecule has 1 atom stereocenters. The molecule has 1 aromatic heterocycles. The maximum atomic E-state index is 5.94. The van der Waals surface area contributed by atoms with Gasteiger partial charge in [0.15, 0.2) is 0 Å². The van der Waals surface area contributed by atoms with E-state index in [2.05, 4.69) is 49.7 Å². The van der Waals surface area contributed by atoms with Crippen LogP contribution in [0.5, 0.6) is 0 Å². The molecule has 0 aliphatic carbocycles. The molecule has 0 amide bonds. The number of hydrogen-bond acceptors (Lipinski definition) is 2. The molecule has 0 bridgehead atoms. The smallest absolute Gasteiger partial charge is 0.0931 e. The highest BCUT2D eigenvalue weighted by Crippen LogP contribution is 2.27. The molecule has 1 aromatic carbocycles. The van der Waals surface area contributed by atoms with Gasteiger partial charge in [-0.2, -0.15) is 0 Å². The van der Waals surface area contributed by atoms with Crippen molar-refractivity contribution in [3.63, 3.8) is 0 Å². The molecule has 2 rings (SSSR count). The van der Waals surface area contributed by atoms with Crippen molar-refractivity contribution in [1.29, 1.82) is 0 Å². The zero-order valence-electron chi connectivity index (χ0n) is 10.3. The normalized spacial score (nSPS) is 12.5. The van der Waals surface area contributed by atoms with Crippen LogP contribution < -0.4 is 5.32 Å². The first kappa shape index (κ1) is 12.5. The Labute approximate surface area is 111 Å². The molecule has 0 aliphatic heterocycles. The molecule has 17 heavy (non-hydrogen) atoms. The van der Waals surface area contributed by atoms with Crippen LogP contribution in [0.25, 0.3) is 0 Å². The zero-order valence-corrected chi connectivity index (χ0v) is 11.8. The monoisotopic (exact) mass is 265 g/mol. The third-order valence-electron chi connectivity index (χ3n) is 2.98. The molecule has 3 heteroatoms. The van der Waals surface area contributed by atoms with Crippen LogP contribution in [0, 0.1) is 13.8 Å². The molecule has 90 valence electrons. The largest absolute Gasteiger partial charge is 0.378 e. The van der Waals surface area contributed by atoms with Gasteiger partial charge in [-0.3, -0.25) is 0 Å². The maximum absolute atomic E-state index is 5.94. The molecule has 0 aliphatic rings. The number of rotatable bonds is 3. The van der Waals surface area contributed by atoms with Crippen molar-refractivity contribution in [2.45, 2.75) is 26.8 Å². The van der Waals surface area contributed by atoms with E-state index in [9.17, 15) is 0 Å². The number of benzene rings is 1. The fraction of sp³-hybridized carbons (Fsp3) is 0.286. The Morgan fingerprint density at radius 2 is 1.94 bits per heavy atom. The fourth-order valence-electron chi connectivity index (χ4n) is 1.72. The lowest BCUT2D eigenvalue weighted by Crippen LogP contribution is -2.05. The second-order valence-electron chi connectivity index (χ2n) is 4.35. The van der Waals surface area contributed by atoms with Gasteiger partial charge in [0.05, 0.1) is 4.34 Å². The van der Waals surface area contributed by atoms with Crippen molar-refractivity contribution >= 4 is 28.6 Å². The summed E-state index contributed by atoms with van der Waals surface area (Å²) in [5, 5.41) is 5.59. The summed E-state index contributed by atoms with van der Waals surface area (Å²) in [5.41, 5.74) is 5.02. The number of aryl methyl sites for hydroxylation is 2. The van der Waals surface area contributed by atoms with E-state index < -0.39 is 0 Å². The molecule has 0 saturated carbocycles. The van der Waals surface area contributed by atoms with Crippen molar-refractivity contribution in [3.05, 3.63) is 50.7 Å². The highest BCUT2D eigenvalue weighted by molar-refractivity contribution is 7.14. The first-order chi connectivity index (χ1) is 8.06. The van der Waals surface area contributed by atoms with Gasteiger partial charge in [-0.1, -0.05) is 17.7 Å². The van der Waals surface area contributed by atoms with Crippen LogP contribution in [-0.2, 0) is 0 Å². The number of anilines is 1. The molecule has 0 saturated heterocycles. The highest BCUT2D eigenvalue weighted by atomic mass is 35.5. The zero-order chi connectivity index (χ0) is 12.4. The molecule has 2 aromatic rings. The van der Waals surface area contributed by atoms with Crippen LogP contribution in [-0.4, -0.2) is 0 Å². The molecular weight excluding hydrogens is 250 g/mol. The minimum atomic E-state index is 0.279. The second kappa shape index (κ2) is 5.11. The lowest BCUT2D eigenvalue weighted by atomic mass is 10.1. The Morgan fingerprint density at radius 1 is 1.18 bits per heavy atom. The van der Waals surface area contributed by atoms with Gasteiger partial charge in [0.25, 0.3) is 0 Å². The van der Waals surface area contributed by atoms with E-state index in [-0.39, 0.29) is 6.04 Å². The molecular formula is C14H16ClNS. The van der Waals surface area contributed by atoms with Crippen molar-refractivity contribution in [2.24, 2.45) is 0 Å². The number of hydrogen-bond donors (Lipinski definition) is 1. The molecule has 1 unspecified atom stereocenters. The maximum Gasteiger partial charge on any atom is 0.0931 e. The molecule has 1 heterocycles. The molecule has 0 radical (unpaired) electrons. The average molecular weight is 266 g/mol. The summed E-state index contributed by atoms with van der Waals surface area (Å²) in [6, 6.07) is 8.74. The Kier molecular flexibility index (Phi) is 3.75. The summed E-state index contributed by atoms with van der Waals surface area (Å²) >= 11 is 7.52. The number of thiophene rings is 1. The number of nitrogens with one attached hydrogen (secondary N) is 1.